The third kappa shape index (κ3) is 3.55. The Morgan fingerprint density at radius 1 is 1.33 bits per heavy atom. The SMILES string of the molecule is CC(C)CN1CCC[C@@H](O)CC1. The largest absolute Gasteiger partial charge is 0.393 e. The lowest BCUT2D eigenvalue weighted by molar-refractivity contribution is 0.154. The summed E-state index contributed by atoms with van der Waals surface area (Å²) in [6, 6.07) is 0. The predicted molar refractivity (Wildman–Crippen MR) is 51.1 cm³/mol. The summed E-state index contributed by atoms with van der Waals surface area (Å²) < 4.78 is 0. The first kappa shape index (κ1) is 10.0. The summed E-state index contributed by atoms with van der Waals surface area (Å²) in [6.45, 7) is 7.95. The van der Waals surface area contributed by atoms with Crippen molar-refractivity contribution in [3.63, 3.8) is 0 Å². The molecule has 2 nitrogen and oxygen atoms in total. The van der Waals surface area contributed by atoms with Crippen LogP contribution in [0.3, 0.4) is 0 Å². The summed E-state index contributed by atoms with van der Waals surface area (Å²) >= 11 is 0. The molecule has 1 aliphatic heterocycles. The Bertz CT molecular complexity index is 125. The minimum Gasteiger partial charge on any atom is -0.393 e. The van der Waals surface area contributed by atoms with Gasteiger partial charge in [0.05, 0.1) is 6.10 Å². The molecule has 1 N–H and O–H groups in total. The lowest BCUT2D eigenvalue weighted by atomic mass is 10.2. The average molecular weight is 171 g/mol. The maximum atomic E-state index is 9.41. The van der Waals surface area contributed by atoms with Gasteiger partial charge >= 0.3 is 0 Å². The molecule has 1 heterocycles. The van der Waals surface area contributed by atoms with Crippen molar-refractivity contribution < 1.29 is 5.11 Å². The Balaban J connectivity index is 2.26. The van der Waals surface area contributed by atoms with Gasteiger partial charge in [-0.1, -0.05) is 13.8 Å². The van der Waals surface area contributed by atoms with Gasteiger partial charge in [0.25, 0.3) is 0 Å². The van der Waals surface area contributed by atoms with Crippen molar-refractivity contribution in [3.8, 4) is 0 Å². The maximum Gasteiger partial charge on any atom is 0.0553 e. The normalized spacial score (nSPS) is 27.5. The third-order valence-corrected chi connectivity index (χ3v) is 2.41. The zero-order chi connectivity index (χ0) is 8.97. The molecule has 0 unspecified atom stereocenters. The van der Waals surface area contributed by atoms with Crippen LogP contribution in [0.15, 0.2) is 0 Å². The van der Waals surface area contributed by atoms with Crippen LogP contribution in [0.4, 0.5) is 0 Å². The molecule has 1 fully saturated rings. The first-order valence-corrected chi connectivity index (χ1v) is 5.09. The molecule has 0 aromatic rings. The van der Waals surface area contributed by atoms with Gasteiger partial charge in [-0.15, -0.1) is 0 Å². The van der Waals surface area contributed by atoms with Crippen LogP contribution in [-0.4, -0.2) is 35.7 Å². The van der Waals surface area contributed by atoms with Gasteiger partial charge in [-0.05, 0) is 31.7 Å². The van der Waals surface area contributed by atoms with E-state index in [0.29, 0.717) is 0 Å². The minimum absolute atomic E-state index is 0.0397. The fourth-order valence-corrected chi connectivity index (χ4v) is 1.84. The van der Waals surface area contributed by atoms with Crippen LogP contribution < -0.4 is 0 Å². The van der Waals surface area contributed by atoms with Gasteiger partial charge in [-0.25, -0.2) is 0 Å². The highest BCUT2D eigenvalue weighted by molar-refractivity contribution is 4.69. The van der Waals surface area contributed by atoms with E-state index in [-0.39, 0.29) is 6.10 Å². The fourth-order valence-electron chi connectivity index (χ4n) is 1.84. The molecular formula is C10H21NO. The van der Waals surface area contributed by atoms with E-state index in [1.165, 1.54) is 13.1 Å². The minimum atomic E-state index is -0.0397. The van der Waals surface area contributed by atoms with Gasteiger partial charge in [0, 0.05) is 13.1 Å². The van der Waals surface area contributed by atoms with E-state index in [1.54, 1.807) is 0 Å². The van der Waals surface area contributed by atoms with Crippen molar-refractivity contribution in [1.29, 1.82) is 0 Å². The second-order valence-electron chi connectivity index (χ2n) is 4.28. The molecule has 0 aliphatic carbocycles. The van der Waals surface area contributed by atoms with Gasteiger partial charge in [-0.2, -0.15) is 0 Å². The first-order chi connectivity index (χ1) is 5.68. The van der Waals surface area contributed by atoms with Crippen LogP contribution in [0.5, 0.6) is 0 Å². The van der Waals surface area contributed by atoms with Gasteiger partial charge in [-0.3, -0.25) is 0 Å². The summed E-state index contributed by atoms with van der Waals surface area (Å²) in [7, 11) is 0. The summed E-state index contributed by atoms with van der Waals surface area (Å²) in [5.41, 5.74) is 0. The molecule has 0 radical (unpaired) electrons. The van der Waals surface area contributed by atoms with Crippen molar-refractivity contribution >= 4 is 0 Å². The van der Waals surface area contributed by atoms with E-state index in [4.69, 9.17) is 0 Å². The van der Waals surface area contributed by atoms with Gasteiger partial charge in [0.1, 0.15) is 0 Å². The number of rotatable bonds is 2. The molecule has 1 atom stereocenters. The molecule has 1 rings (SSSR count). The lowest BCUT2D eigenvalue weighted by Gasteiger charge is -2.21. The molecule has 0 aromatic carbocycles. The van der Waals surface area contributed by atoms with Crippen LogP contribution in [0, 0.1) is 5.92 Å². The van der Waals surface area contributed by atoms with Crippen LogP contribution in [0.2, 0.25) is 0 Å². The highest BCUT2D eigenvalue weighted by atomic mass is 16.3. The Morgan fingerprint density at radius 3 is 2.75 bits per heavy atom. The molecule has 0 bridgehead atoms. The summed E-state index contributed by atoms with van der Waals surface area (Å²) in [4.78, 5) is 2.47. The molecule has 0 aromatic heterocycles. The van der Waals surface area contributed by atoms with Crippen LogP contribution in [0.1, 0.15) is 33.1 Å². The highest BCUT2D eigenvalue weighted by Gasteiger charge is 2.14. The number of hydrogen-bond acceptors (Lipinski definition) is 2. The van der Waals surface area contributed by atoms with Crippen molar-refractivity contribution in [2.45, 2.75) is 39.2 Å². The van der Waals surface area contributed by atoms with E-state index in [0.717, 1.165) is 31.7 Å². The molecular weight excluding hydrogens is 150 g/mol. The highest BCUT2D eigenvalue weighted by Crippen LogP contribution is 2.11. The molecule has 1 aliphatic rings. The first-order valence-electron chi connectivity index (χ1n) is 5.09. The number of nitrogens with zero attached hydrogens (tertiary/aromatic N) is 1. The number of aliphatic hydroxyl groups excluding tert-OH is 1. The molecule has 0 saturated carbocycles. The number of aliphatic hydroxyl groups is 1. The van der Waals surface area contributed by atoms with Gasteiger partial charge in [0.15, 0.2) is 0 Å². The number of likely N-dealkylation sites (tertiary alicyclic amines) is 1. The van der Waals surface area contributed by atoms with Crippen molar-refractivity contribution in [2.75, 3.05) is 19.6 Å². The summed E-state index contributed by atoms with van der Waals surface area (Å²) in [6.07, 6.45) is 3.08. The molecule has 2 heteroatoms. The van der Waals surface area contributed by atoms with E-state index in [2.05, 4.69) is 18.7 Å². The monoisotopic (exact) mass is 171 g/mol. The molecule has 0 spiro atoms. The predicted octanol–water partition coefficient (Wildman–Crippen LogP) is 1.49. The smallest absolute Gasteiger partial charge is 0.0553 e. The Morgan fingerprint density at radius 2 is 2.08 bits per heavy atom. The standard InChI is InChI=1S/C10H21NO/c1-9(2)8-11-6-3-4-10(12)5-7-11/h9-10,12H,3-8H2,1-2H3/t10-/m1/s1. The Hall–Kier alpha value is -0.0800. The van der Waals surface area contributed by atoms with Crippen LogP contribution in [0.25, 0.3) is 0 Å². The van der Waals surface area contributed by atoms with Crippen LogP contribution in [-0.2, 0) is 0 Å². The average Bonchev–Trinajstić information content (AvgIpc) is 2.15. The third-order valence-electron chi connectivity index (χ3n) is 2.41. The molecule has 0 amide bonds. The number of hydrogen-bond donors (Lipinski definition) is 1. The maximum absolute atomic E-state index is 9.41. The van der Waals surface area contributed by atoms with E-state index < -0.39 is 0 Å². The van der Waals surface area contributed by atoms with Crippen molar-refractivity contribution in [3.05, 3.63) is 0 Å². The van der Waals surface area contributed by atoms with E-state index in [9.17, 15) is 5.11 Å². The molecule has 72 valence electrons. The Labute approximate surface area is 75.6 Å². The van der Waals surface area contributed by atoms with E-state index >= 15 is 0 Å². The lowest BCUT2D eigenvalue weighted by Crippen LogP contribution is -2.29. The Kier molecular flexibility index (Phi) is 4.02. The van der Waals surface area contributed by atoms with Gasteiger partial charge in [0.2, 0.25) is 0 Å². The van der Waals surface area contributed by atoms with Gasteiger partial charge < -0.3 is 10.0 Å². The zero-order valence-electron chi connectivity index (χ0n) is 8.29. The fraction of sp³-hybridized carbons (Fsp3) is 1.00. The topological polar surface area (TPSA) is 23.5 Å². The second kappa shape index (κ2) is 4.83. The summed E-state index contributed by atoms with van der Waals surface area (Å²) in [5, 5.41) is 9.41. The van der Waals surface area contributed by atoms with Crippen molar-refractivity contribution in [1.82, 2.24) is 4.90 Å². The summed E-state index contributed by atoms with van der Waals surface area (Å²) in [5.74, 6) is 0.750. The quantitative estimate of drug-likeness (QED) is 0.680. The molecule has 1 saturated heterocycles. The molecule has 12 heavy (non-hydrogen) atoms. The zero-order valence-corrected chi connectivity index (χ0v) is 8.29. The van der Waals surface area contributed by atoms with Crippen molar-refractivity contribution in [2.24, 2.45) is 5.92 Å². The van der Waals surface area contributed by atoms with E-state index in [1.807, 2.05) is 0 Å². The second-order valence-corrected chi connectivity index (χ2v) is 4.28. The van der Waals surface area contributed by atoms with Crippen LogP contribution >= 0.6 is 0 Å².